The molecule has 0 aromatic heterocycles. The number of hydrogen-bond acceptors (Lipinski definition) is 3. The molecule has 112 valence electrons. The number of rotatable bonds is 7. The average Bonchev–Trinajstić information content (AvgIpc) is 2.46. The van der Waals surface area contributed by atoms with Crippen molar-refractivity contribution in [1.29, 1.82) is 0 Å². The number of nitrogens with zero attached hydrogens (tertiary/aromatic N) is 1. The van der Waals surface area contributed by atoms with Gasteiger partial charge in [-0.3, -0.25) is 10.6 Å². The van der Waals surface area contributed by atoms with Crippen molar-refractivity contribution in [2.45, 2.75) is 53.0 Å². The van der Waals surface area contributed by atoms with Crippen LogP contribution in [0.15, 0.2) is 18.2 Å². The van der Waals surface area contributed by atoms with Crippen LogP contribution in [0.2, 0.25) is 0 Å². The Morgan fingerprint density at radius 2 is 2.10 bits per heavy atom. The summed E-state index contributed by atoms with van der Waals surface area (Å²) in [5, 5.41) is 0. The summed E-state index contributed by atoms with van der Waals surface area (Å²) >= 11 is 0. The Kier molecular flexibility index (Phi) is 6.52. The molecule has 1 atom stereocenters. The summed E-state index contributed by atoms with van der Waals surface area (Å²) in [4.78, 5) is 14.7. The first-order valence-electron chi connectivity index (χ1n) is 7.43. The predicted octanol–water partition coefficient (Wildman–Crippen LogP) is 3.32. The Bertz CT molecular complexity index is 445. The molecule has 0 aliphatic rings. The van der Waals surface area contributed by atoms with Gasteiger partial charge in [0.25, 0.3) is 5.91 Å². The quantitative estimate of drug-likeness (QED) is 0.594. The first kappa shape index (κ1) is 16.5. The third-order valence-electron chi connectivity index (χ3n) is 3.77. The number of hydrogen-bond donors (Lipinski definition) is 2. The second-order valence-electron chi connectivity index (χ2n) is 5.28. The fourth-order valence-corrected chi connectivity index (χ4v) is 2.20. The normalized spacial score (nSPS) is 12.1. The number of carbonyl (C=O) groups excluding carboxylic acids is 1. The van der Waals surface area contributed by atoms with Gasteiger partial charge in [0.05, 0.1) is 5.69 Å². The lowest BCUT2D eigenvalue weighted by Crippen LogP contribution is -2.39. The van der Waals surface area contributed by atoms with E-state index in [1.807, 2.05) is 30.0 Å². The molecule has 1 rings (SSSR count). The largest absolute Gasteiger partial charge is 0.336 e. The molecule has 1 aromatic carbocycles. The first-order chi connectivity index (χ1) is 9.54. The van der Waals surface area contributed by atoms with Gasteiger partial charge in [0, 0.05) is 18.2 Å². The molecule has 0 radical (unpaired) electrons. The maximum atomic E-state index is 12.7. The Balaban J connectivity index is 2.96. The number of aryl methyl sites for hydroxylation is 1. The molecule has 1 aromatic rings. The van der Waals surface area contributed by atoms with Gasteiger partial charge in [0.1, 0.15) is 0 Å². The summed E-state index contributed by atoms with van der Waals surface area (Å²) in [6.07, 6.45) is 3.10. The molecule has 0 saturated carbocycles. The highest BCUT2D eigenvalue weighted by atomic mass is 16.2. The molecular formula is C16H27N3O. The third-order valence-corrected chi connectivity index (χ3v) is 3.77. The van der Waals surface area contributed by atoms with Crippen molar-refractivity contribution >= 4 is 11.6 Å². The van der Waals surface area contributed by atoms with Crippen LogP contribution in [0.4, 0.5) is 5.69 Å². The number of amides is 1. The second kappa shape index (κ2) is 7.90. The molecule has 20 heavy (non-hydrogen) atoms. The van der Waals surface area contributed by atoms with E-state index in [0.717, 1.165) is 42.6 Å². The summed E-state index contributed by atoms with van der Waals surface area (Å²) in [6, 6.07) is 5.86. The molecule has 0 fully saturated rings. The number of anilines is 1. The second-order valence-corrected chi connectivity index (χ2v) is 5.28. The number of nitrogens with one attached hydrogen (secondary N) is 1. The lowest BCUT2D eigenvalue weighted by molar-refractivity contribution is 0.0685. The van der Waals surface area contributed by atoms with E-state index in [1.165, 1.54) is 0 Å². The van der Waals surface area contributed by atoms with E-state index >= 15 is 0 Å². The van der Waals surface area contributed by atoms with Crippen molar-refractivity contribution in [2.75, 3.05) is 12.0 Å². The van der Waals surface area contributed by atoms with Gasteiger partial charge in [-0.25, -0.2) is 0 Å². The first-order valence-corrected chi connectivity index (χ1v) is 7.43. The fourth-order valence-electron chi connectivity index (χ4n) is 2.20. The van der Waals surface area contributed by atoms with E-state index in [9.17, 15) is 4.79 Å². The molecule has 0 heterocycles. The van der Waals surface area contributed by atoms with Gasteiger partial charge in [0.15, 0.2) is 0 Å². The number of unbranched alkanes of at least 4 members (excludes halogenated alkanes) is 1. The Hall–Kier alpha value is -1.55. The van der Waals surface area contributed by atoms with Crippen LogP contribution in [-0.2, 0) is 0 Å². The highest BCUT2D eigenvalue weighted by molar-refractivity contribution is 5.95. The Morgan fingerprint density at radius 3 is 2.60 bits per heavy atom. The van der Waals surface area contributed by atoms with Crippen molar-refractivity contribution in [3.63, 3.8) is 0 Å². The average molecular weight is 277 g/mol. The van der Waals surface area contributed by atoms with Crippen LogP contribution in [0, 0.1) is 6.92 Å². The van der Waals surface area contributed by atoms with Gasteiger partial charge < -0.3 is 10.3 Å². The van der Waals surface area contributed by atoms with Crippen LogP contribution in [-0.4, -0.2) is 23.4 Å². The smallest absolute Gasteiger partial charge is 0.254 e. The summed E-state index contributed by atoms with van der Waals surface area (Å²) < 4.78 is 0. The topological polar surface area (TPSA) is 58.4 Å². The summed E-state index contributed by atoms with van der Waals surface area (Å²) in [5.41, 5.74) is 5.20. The SMILES string of the molecule is CCCCN(C(=O)c1ccc(NN)c(C)c1)C(C)CC. The van der Waals surface area contributed by atoms with E-state index in [4.69, 9.17) is 5.84 Å². The van der Waals surface area contributed by atoms with Crippen LogP contribution >= 0.6 is 0 Å². The van der Waals surface area contributed by atoms with Gasteiger partial charge in [0.2, 0.25) is 0 Å². The lowest BCUT2D eigenvalue weighted by atomic mass is 10.1. The van der Waals surface area contributed by atoms with E-state index in [2.05, 4.69) is 26.2 Å². The minimum atomic E-state index is 0.111. The van der Waals surface area contributed by atoms with Crippen LogP contribution < -0.4 is 11.3 Å². The van der Waals surface area contributed by atoms with Crippen LogP contribution in [0.5, 0.6) is 0 Å². The standard InChI is InChI=1S/C16H27N3O/c1-5-7-10-19(13(4)6-2)16(20)14-8-9-15(18-17)12(3)11-14/h8-9,11,13,18H,5-7,10,17H2,1-4H3. The molecule has 3 N–H and O–H groups in total. The minimum Gasteiger partial charge on any atom is -0.336 e. The van der Waals surface area contributed by atoms with E-state index in [1.54, 1.807) is 0 Å². The highest BCUT2D eigenvalue weighted by Gasteiger charge is 2.20. The molecule has 4 nitrogen and oxygen atoms in total. The van der Waals surface area contributed by atoms with Crippen LogP contribution in [0.3, 0.4) is 0 Å². The highest BCUT2D eigenvalue weighted by Crippen LogP contribution is 2.18. The molecular weight excluding hydrogens is 250 g/mol. The predicted molar refractivity (Wildman–Crippen MR) is 84.7 cm³/mol. The maximum Gasteiger partial charge on any atom is 0.254 e. The van der Waals surface area contributed by atoms with Crippen LogP contribution in [0.25, 0.3) is 0 Å². The van der Waals surface area contributed by atoms with Gasteiger partial charge in [-0.05, 0) is 50.5 Å². The van der Waals surface area contributed by atoms with Crippen molar-refractivity contribution in [2.24, 2.45) is 5.84 Å². The van der Waals surface area contributed by atoms with E-state index in [0.29, 0.717) is 0 Å². The number of carbonyl (C=O) groups is 1. The molecule has 0 aliphatic heterocycles. The fraction of sp³-hybridized carbons (Fsp3) is 0.562. The van der Waals surface area contributed by atoms with E-state index < -0.39 is 0 Å². The Morgan fingerprint density at radius 1 is 1.40 bits per heavy atom. The molecule has 0 saturated heterocycles. The molecule has 1 amide bonds. The molecule has 4 heteroatoms. The summed E-state index contributed by atoms with van der Waals surface area (Å²) in [7, 11) is 0. The Labute approximate surface area is 122 Å². The third kappa shape index (κ3) is 3.97. The van der Waals surface area contributed by atoms with Gasteiger partial charge >= 0.3 is 0 Å². The number of nitrogens with two attached hydrogens (primary N) is 1. The van der Waals surface area contributed by atoms with Crippen molar-refractivity contribution in [3.05, 3.63) is 29.3 Å². The molecule has 0 spiro atoms. The lowest BCUT2D eigenvalue weighted by Gasteiger charge is -2.29. The monoisotopic (exact) mass is 277 g/mol. The molecule has 0 bridgehead atoms. The van der Waals surface area contributed by atoms with Crippen molar-refractivity contribution in [3.8, 4) is 0 Å². The maximum absolute atomic E-state index is 12.7. The van der Waals surface area contributed by atoms with Gasteiger partial charge in [-0.2, -0.15) is 0 Å². The van der Waals surface area contributed by atoms with Gasteiger partial charge in [-0.1, -0.05) is 20.3 Å². The molecule has 1 unspecified atom stereocenters. The number of hydrazine groups is 1. The zero-order chi connectivity index (χ0) is 15.1. The van der Waals surface area contributed by atoms with Crippen molar-refractivity contribution in [1.82, 2.24) is 4.90 Å². The van der Waals surface area contributed by atoms with Crippen LogP contribution in [0.1, 0.15) is 56.0 Å². The number of nitrogen functional groups attached to an aromatic ring is 1. The van der Waals surface area contributed by atoms with Gasteiger partial charge in [-0.15, -0.1) is 0 Å². The minimum absolute atomic E-state index is 0.111. The van der Waals surface area contributed by atoms with Crippen molar-refractivity contribution < 1.29 is 4.79 Å². The summed E-state index contributed by atoms with van der Waals surface area (Å²) in [5.74, 6) is 5.54. The summed E-state index contributed by atoms with van der Waals surface area (Å²) in [6.45, 7) is 9.14. The van der Waals surface area contributed by atoms with E-state index in [-0.39, 0.29) is 11.9 Å². The number of benzene rings is 1. The zero-order valence-electron chi connectivity index (χ0n) is 13.1. The molecule has 0 aliphatic carbocycles. The zero-order valence-corrected chi connectivity index (χ0v) is 13.1.